The van der Waals surface area contributed by atoms with E-state index < -0.39 is 5.60 Å². The first kappa shape index (κ1) is 22.1. The second-order valence-corrected chi connectivity index (χ2v) is 7.80. The van der Waals surface area contributed by atoms with Gasteiger partial charge >= 0.3 is 0 Å². The van der Waals surface area contributed by atoms with E-state index in [1.54, 1.807) is 19.9 Å². The number of anilines is 2. The van der Waals surface area contributed by atoms with Crippen molar-refractivity contribution in [2.24, 2.45) is 0 Å². The Kier molecular flexibility index (Phi) is 6.15. The van der Waals surface area contributed by atoms with E-state index in [1.165, 1.54) is 0 Å². The maximum absolute atomic E-state index is 10.1. The van der Waals surface area contributed by atoms with E-state index in [0.29, 0.717) is 48.3 Å². The Balaban J connectivity index is 1.70. The molecule has 4 aromatic rings. The molecule has 10 nitrogen and oxygen atoms in total. The summed E-state index contributed by atoms with van der Waals surface area (Å²) in [6.07, 6.45) is 0. The molecular weight excluding hydrogens is 422 g/mol. The lowest BCUT2D eigenvalue weighted by Gasteiger charge is -2.10. The number of nitrogen functional groups attached to an aromatic ring is 1. The number of nitrogens with zero attached hydrogens (tertiary/aromatic N) is 5. The number of aliphatic hydroxyl groups is 1. The molecule has 0 spiro atoms. The molecule has 0 atom stereocenters. The number of hydrogen-bond donors (Lipinski definition) is 3. The summed E-state index contributed by atoms with van der Waals surface area (Å²) in [5.41, 5.74) is 7.72. The Morgan fingerprint density at radius 2 is 2.00 bits per heavy atom. The third-order valence-electron chi connectivity index (χ3n) is 4.70. The van der Waals surface area contributed by atoms with Crippen molar-refractivity contribution in [3.05, 3.63) is 42.1 Å². The van der Waals surface area contributed by atoms with Crippen molar-refractivity contribution in [1.29, 1.82) is 0 Å². The highest BCUT2D eigenvalue weighted by atomic mass is 16.6. The smallest absolute Gasteiger partial charge is 0.216 e. The summed E-state index contributed by atoms with van der Waals surface area (Å²) in [7, 11) is 0. The fourth-order valence-corrected chi connectivity index (χ4v) is 3.23. The Morgan fingerprint density at radius 3 is 2.67 bits per heavy atom. The number of aryl methyl sites for hydroxylation is 1. The highest BCUT2D eigenvalue weighted by Crippen LogP contribution is 2.29. The average molecular weight is 447 g/mol. The van der Waals surface area contributed by atoms with Crippen LogP contribution in [0, 0.1) is 11.8 Å². The minimum Gasteiger partial charge on any atom is -0.476 e. The van der Waals surface area contributed by atoms with E-state index in [4.69, 9.17) is 15.1 Å². The first-order chi connectivity index (χ1) is 15.9. The fraction of sp³-hybridized carbons (Fsp3) is 0.304. The van der Waals surface area contributed by atoms with Gasteiger partial charge in [-0.2, -0.15) is 0 Å². The molecule has 4 N–H and O–H groups in total. The number of rotatable bonds is 7. The molecule has 0 aliphatic rings. The summed E-state index contributed by atoms with van der Waals surface area (Å²) in [6.45, 7) is 6.74. The number of pyridine rings is 1. The Morgan fingerprint density at radius 1 is 1.21 bits per heavy atom. The Labute approximate surface area is 190 Å². The zero-order valence-corrected chi connectivity index (χ0v) is 18.7. The number of hydrogen-bond acceptors (Lipinski definition) is 9. The summed E-state index contributed by atoms with van der Waals surface area (Å²) >= 11 is 0. The summed E-state index contributed by atoms with van der Waals surface area (Å²) in [4.78, 5) is 9.21. The van der Waals surface area contributed by atoms with Crippen molar-refractivity contribution >= 4 is 22.5 Å². The predicted octanol–water partition coefficient (Wildman–Crippen LogP) is 2.70. The van der Waals surface area contributed by atoms with E-state index in [0.717, 1.165) is 11.2 Å². The van der Waals surface area contributed by atoms with Crippen LogP contribution in [0.4, 0.5) is 11.5 Å². The van der Waals surface area contributed by atoms with E-state index >= 15 is 0 Å². The van der Waals surface area contributed by atoms with Crippen LogP contribution >= 0.6 is 0 Å². The molecule has 0 bridgehead atoms. The third-order valence-corrected chi connectivity index (χ3v) is 4.70. The van der Waals surface area contributed by atoms with Crippen molar-refractivity contribution < 1.29 is 14.5 Å². The largest absolute Gasteiger partial charge is 0.476 e. The lowest BCUT2D eigenvalue weighted by molar-refractivity contribution is 0.143. The van der Waals surface area contributed by atoms with Crippen LogP contribution in [0.1, 0.15) is 26.5 Å². The van der Waals surface area contributed by atoms with Crippen molar-refractivity contribution in [2.75, 3.05) is 24.2 Å². The maximum Gasteiger partial charge on any atom is 0.216 e. The van der Waals surface area contributed by atoms with Gasteiger partial charge in [0.1, 0.15) is 23.4 Å². The van der Waals surface area contributed by atoms with Gasteiger partial charge in [-0.05, 0) is 49.1 Å². The number of ether oxygens (including phenoxy) is 1. The molecule has 3 heterocycles. The van der Waals surface area contributed by atoms with Gasteiger partial charge in [0.05, 0.1) is 5.52 Å². The van der Waals surface area contributed by atoms with Crippen LogP contribution in [0.2, 0.25) is 0 Å². The maximum atomic E-state index is 10.1. The molecule has 0 amide bonds. The molecule has 0 fully saturated rings. The van der Waals surface area contributed by atoms with Crippen LogP contribution in [0.3, 0.4) is 0 Å². The Bertz CT molecular complexity index is 1310. The van der Waals surface area contributed by atoms with Gasteiger partial charge in [0.2, 0.25) is 5.88 Å². The van der Waals surface area contributed by atoms with Crippen molar-refractivity contribution in [3.8, 4) is 29.2 Å². The molecule has 10 heteroatoms. The number of para-hydroxylation sites is 1. The summed E-state index contributed by atoms with van der Waals surface area (Å²) in [5, 5.41) is 20.9. The molecule has 3 aromatic heterocycles. The van der Waals surface area contributed by atoms with Crippen LogP contribution in [0.5, 0.6) is 5.88 Å². The summed E-state index contributed by atoms with van der Waals surface area (Å²) < 4.78 is 12.6. The number of fused-ring (bicyclic) bond motifs is 1. The second-order valence-electron chi connectivity index (χ2n) is 7.80. The van der Waals surface area contributed by atoms with E-state index in [9.17, 15) is 5.11 Å². The van der Waals surface area contributed by atoms with Gasteiger partial charge < -0.3 is 25.5 Å². The highest BCUT2D eigenvalue weighted by Gasteiger charge is 2.21. The van der Waals surface area contributed by atoms with Gasteiger partial charge in [0, 0.05) is 24.8 Å². The zero-order valence-electron chi connectivity index (χ0n) is 18.7. The number of nitrogens with two attached hydrogens (primary N) is 1. The van der Waals surface area contributed by atoms with Crippen LogP contribution in [-0.2, 0) is 6.54 Å². The van der Waals surface area contributed by atoms with Crippen LogP contribution in [0.15, 0.2) is 41.0 Å². The molecule has 0 saturated heterocycles. The lowest BCUT2D eigenvalue weighted by Crippen LogP contribution is -2.14. The average Bonchev–Trinajstić information content (AvgIpc) is 3.38. The van der Waals surface area contributed by atoms with Crippen molar-refractivity contribution in [1.82, 2.24) is 24.8 Å². The molecule has 0 aliphatic heterocycles. The van der Waals surface area contributed by atoms with Gasteiger partial charge in [-0.3, -0.25) is 0 Å². The molecular formula is C23H25N7O3. The molecule has 170 valence electrons. The monoisotopic (exact) mass is 447 g/mol. The number of imidazole rings is 1. The van der Waals surface area contributed by atoms with Crippen LogP contribution < -0.4 is 15.8 Å². The van der Waals surface area contributed by atoms with Crippen LogP contribution in [0.25, 0.3) is 22.6 Å². The molecule has 1 aromatic carbocycles. The van der Waals surface area contributed by atoms with E-state index in [1.807, 2.05) is 41.8 Å². The van der Waals surface area contributed by atoms with E-state index in [-0.39, 0.29) is 5.82 Å². The summed E-state index contributed by atoms with van der Waals surface area (Å²) in [5.74, 6) is 6.75. The van der Waals surface area contributed by atoms with E-state index in [2.05, 4.69) is 37.4 Å². The molecule has 0 radical (unpaired) electrons. The van der Waals surface area contributed by atoms with Gasteiger partial charge in [-0.1, -0.05) is 24.1 Å². The number of nitrogens with one attached hydrogen (secondary N) is 1. The zero-order chi connectivity index (χ0) is 23.4. The highest BCUT2D eigenvalue weighted by molar-refractivity contribution is 5.86. The fourth-order valence-electron chi connectivity index (χ4n) is 3.23. The molecule has 0 unspecified atom stereocenters. The first-order valence-corrected chi connectivity index (χ1v) is 10.5. The van der Waals surface area contributed by atoms with Gasteiger partial charge in [0.15, 0.2) is 17.3 Å². The van der Waals surface area contributed by atoms with Gasteiger partial charge in [0.25, 0.3) is 0 Å². The number of aromatic nitrogens is 5. The van der Waals surface area contributed by atoms with Gasteiger partial charge in [-0.25, -0.2) is 14.6 Å². The lowest BCUT2D eigenvalue weighted by atomic mass is 10.1. The quantitative estimate of drug-likeness (QED) is 0.288. The van der Waals surface area contributed by atoms with Crippen molar-refractivity contribution in [2.45, 2.75) is 32.9 Å². The topological polar surface area (TPSA) is 137 Å². The summed E-state index contributed by atoms with van der Waals surface area (Å²) in [6, 6.07) is 11.7. The first-order valence-electron chi connectivity index (χ1n) is 10.5. The van der Waals surface area contributed by atoms with Gasteiger partial charge in [-0.15, -0.1) is 0 Å². The SMILES string of the molecule is CCn1c(-c2nonc2N)nc2c(C#CC(C)(C)O)nc(OCCNc3ccccc3)cc21. The van der Waals surface area contributed by atoms with Crippen LogP contribution in [-0.4, -0.2) is 48.7 Å². The molecule has 0 aliphatic carbocycles. The molecule has 0 saturated carbocycles. The predicted molar refractivity (Wildman–Crippen MR) is 125 cm³/mol. The minimum atomic E-state index is -1.19. The Hall–Kier alpha value is -4.10. The number of benzene rings is 1. The van der Waals surface area contributed by atoms with Crippen molar-refractivity contribution in [3.63, 3.8) is 0 Å². The normalized spacial score (nSPS) is 11.3. The minimum absolute atomic E-state index is 0.139. The standard InChI is InChI=1S/C23H25N7O3/c1-4-30-17-14-18(32-13-12-25-15-8-6-5-7-9-15)26-16(10-11-23(2,3)31)19(17)27-22(30)20-21(24)29-33-28-20/h5-9,14,25,31H,4,12-13H2,1-3H3,(H2,24,29). The molecule has 33 heavy (non-hydrogen) atoms. The third kappa shape index (κ3) is 5.05. The molecule has 4 rings (SSSR count). The second kappa shape index (κ2) is 9.18.